The van der Waals surface area contributed by atoms with Gasteiger partial charge in [0.25, 0.3) is 0 Å². The molecule has 4 heteroatoms. The first kappa shape index (κ1) is 18.4. The molecule has 4 aromatic rings. The normalized spacial score (nSPS) is 15.3. The van der Waals surface area contributed by atoms with E-state index in [0.29, 0.717) is 0 Å². The lowest BCUT2D eigenvalue weighted by Crippen LogP contribution is -3.13. The number of hydrogen-bond donors (Lipinski definition) is 1. The summed E-state index contributed by atoms with van der Waals surface area (Å²) >= 11 is 6.75. The number of fused-ring (bicyclic) bond motifs is 2. The molecule has 1 saturated heterocycles. The number of rotatable bonds is 3. The fourth-order valence-corrected chi connectivity index (χ4v) is 4.85. The van der Waals surface area contributed by atoms with Crippen LogP contribution in [0.3, 0.4) is 0 Å². The lowest BCUT2D eigenvalue weighted by atomic mass is 9.96. The number of halogens is 2. The summed E-state index contributed by atoms with van der Waals surface area (Å²) in [4.78, 5) is 3.92. The zero-order valence-electron chi connectivity index (χ0n) is 16.2. The van der Waals surface area contributed by atoms with E-state index in [1.54, 1.807) is 17.0 Å². The van der Waals surface area contributed by atoms with E-state index in [1.807, 2.05) is 12.1 Å². The second kappa shape index (κ2) is 7.66. The van der Waals surface area contributed by atoms with E-state index in [4.69, 9.17) is 11.6 Å². The van der Waals surface area contributed by atoms with Gasteiger partial charge < -0.3 is 9.80 Å². The van der Waals surface area contributed by atoms with E-state index in [1.165, 1.54) is 16.3 Å². The average molecular weight is 406 g/mol. The molecular formula is C25H23ClFN2+. The van der Waals surface area contributed by atoms with Gasteiger partial charge in [-0.05, 0) is 35.0 Å². The molecule has 0 radical (unpaired) electrons. The van der Waals surface area contributed by atoms with Gasteiger partial charge in [-0.1, -0.05) is 60.1 Å². The highest BCUT2D eigenvalue weighted by atomic mass is 35.5. The monoisotopic (exact) mass is 405 g/mol. The Morgan fingerprint density at radius 1 is 0.759 bits per heavy atom. The molecule has 146 valence electrons. The molecular weight excluding hydrogens is 383 g/mol. The minimum atomic E-state index is -0.181. The number of anilines is 1. The predicted molar refractivity (Wildman–Crippen MR) is 119 cm³/mol. The lowest BCUT2D eigenvalue weighted by Gasteiger charge is -2.34. The van der Waals surface area contributed by atoms with Crippen molar-refractivity contribution < 1.29 is 9.29 Å². The van der Waals surface area contributed by atoms with Crippen molar-refractivity contribution in [2.75, 3.05) is 31.1 Å². The van der Waals surface area contributed by atoms with E-state index < -0.39 is 0 Å². The Hall–Kier alpha value is -2.62. The highest BCUT2D eigenvalue weighted by Crippen LogP contribution is 2.35. The zero-order chi connectivity index (χ0) is 19.8. The van der Waals surface area contributed by atoms with Gasteiger partial charge in [-0.15, -0.1) is 0 Å². The Balaban J connectivity index is 1.43. The minimum absolute atomic E-state index is 0.181. The Labute approximate surface area is 175 Å². The molecule has 1 N–H and O–H groups in total. The van der Waals surface area contributed by atoms with Gasteiger partial charge in [0.05, 0.1) is 31.2 Å². The van der Waals surface area contributed by atoms with Crippen LogP contribution in [0.1, 0.15) is 5.56 Å². The topological polar surface area (TPSA) is 7.68 Å². The van der Waals surface area contributed by atoms with Gasteiger partial charge in [-0.2, -0.15) is 0 Å². The average Bonchev–Trinajstić information content (AvgIpc) is 2.78. The largest absolute Gasteiger partial charge is 0.360 e. The molecule has 4 aromatic carbocycles. The van der Waals surface area contributed by atoms with Crippen molar-refractivity contribution in [1.29, 1.82) is 0 Å². The van der Waals surface area contributed by atoms with Crippen LogP contribution in [0.5, 0.6) is 0 Å². The summed E-state index contributed by atoms with van der Waals surface area (Å²) in [5, 5.41) is 5.62. The van der Waals surface area contributed by atoms with Gasteiger partial charge in [-0.25, -0.2) is 4.39 Å². The van der Waals surface area contributed by atoms with Crippen molar-refractivity contribution in [2.24, 2.45) is 0 Å². The van der Waals surface area contributed by atoms with E-state index >= 15 is 0 Å². The molecule has 0 spiro atoms. The van der Waals surface area contributed by atoms with Crippen molar-refractivity contribution in [3.05, 3.63) is 89.2 Å². The van der Waals surface area contributed by atoms with Crippen LogP contribution < -0.4 is 9.80 Å². The molecule has 1 aliphatic rings. The van der Waals surface area contributed by atoms with Crippen molar-refractivity contribution in [2.45, 2.75) is 6.54 Å². The fourth-order valence-electron chi connectivity index (χ4n) is 4.52. The quantitative estimate of drug-likeness (QED) is 0.486. The first-order chi connectivity index (χ1) is 14.2. The molecule has 0 aromatic heterocycles. The van der Waals surface area contributed by atoms with Gasteiger partial charge in [0.1, 0.15) is 12.4 Å². The Kier molecular flexibility index (Phi) is 4.86. The first-order valence-electron chi connectivity index (χ1n) is 10.1. The van der Waals surface area contributed by atoms with Crippen LogP contribution in [-0.2, 0) is 6.54 Å². The summed E-state index contributed by atoms with van der Waals surface area (Å²) in [5.41, 5.74) is 2.48. The summed E-state index contributed by atoms with van der Waals surface area (Å²) < 4.78 is 13.2. The van der Waals surface area contributed by atoms with Crippen molar-refractivity contribution in [3.8, 4) is 0 Å². The number of nitrogens with zero attached hydrogens (tertiary/aromatic N) is 1. The SMILES string of the molecule is Fc1ccc(N2CC[NH+](Cc3c4ccccc4c(Cl)c4ccccc34)CC2)cc1. The maximum atomic E-state index is 13.2. The molecule has 0 saturated carbocycles. The predicted octanol–water partition coefficient (Wildman–Crippen LogP) is 4.69. The summed E-state index contributed by atoms with van der Waals surface area (Å²) in [6, 6.07) is 23.8. The molecule has 29 heavy (non-hydrogen) atoms. The third-order valence-corrected chi connectivity index (χ3v) is 6.47. The Bertz CT molecular complexity index is 1110. The molecule has 1 fully saturated rings. The summed E-state index contributed by atoms with van der Waals surface area (Å²) in [7, 11) is 0. The van der Waals surface area contributed by atoms with Crippen LogP contribution in [0.2, 0.25) is 5.02 Å². The van der Waals surface area contributed by atoms with E-state index in [-0.39, 0.29) is 5.82 Å². The van der Waals surface area contributed by atoms with Gasteiger partial charge in [0.2, 0.25) is 0 Å². The molecule has 0 unspecified atom stereocenters. The van der Waals surface area contributed by atoms with Crippen molar-refractivity contribution in [1.82, 2.24) is 0 Å². The standard InChI is InChI=1S/C25H22ClFN2/c26-25-22-7-3-1-5-20(22)24(21-6-2-4-8-23(21)25)17-28-13-15-29(16-14-28)19-11-9-18(27)10-12-19/h1-12H,13-17H2/p+1. The van der Waals surface area contributed by atoms with Crippen LogP contribution in [0.4, 0.5) is 10.1 Å². The first-order valence-corrected chi connectivity index (χ1v) is 10.5. The Morgan fingerprint density at radius 2 is 1.28 bits per heavy atom. The minimum Gasteiger partial charge on any atom is -0.360 e. The van der Waals surface area contributed by atoms with Gasteiger partial charge in [0.15, 0.2) is 0 Å². The van der Waals surface area contributed by atoms with Crippen LogP contribution in [0.15, 0.2) is 72.8 Å². The number of hydrogen-bond acceptors (Lipinski definition) is 1. The molecule has 0 atom stereocenters. The number of piperazine rings is 1. The van der Waals surface area contributed by atoms with Crippen LogP contribution >= 0.6 is 11.6 Å². The van der Waals surface area contributed by atoms with Gasteiger partial charge in [0, 0.05) is 22.0 Å². The van der Waals surface area contributed by atoms with E-state index in [0.717, 1.165) is 54.2 Å². The van der Waals surface area contributed by atoms with Crippen molar-refractivity contribution in [3.63, 3.8) is 0 Å². The van der Waals surface area contributed by atoms with Crippen molar-refractivity contribution >= 4 is 38.8 Å². The third-order valence-electron chi connectivity index (χ3n) is 6.07. The smallest absolute Gasteiger partial charge is 0.123 e. The maximum absolute atomic E-state index is 13.2. The lowest BCUT2D eigenvalue weighted by molar-refractivity contribution is -0.914. The molecule has 2 nitrogen and oxygen atoms in total. The number of benzene rings is 4. The van der Waals surface area contributed by atoms with Gasteiger partial charge >= 0.3 is 0 Å². The van der Waals surface area contributed by atoms with Crippen LogP contribution in [-0.4, -0.2) is 26.2 Å². The van der Waals surface area contributed by atoms with Crippen LogP contribution in [0, 0.1) is 5.82 Å². The number of quaternary nitrogens is 1. The zero-order valence-corrected chi connectivity index (χ0v) is 16.9. The molecule has 0 aliphatic carbocycles. The third kappa shape index (κ3) is 3.45. The number of nitrogens with one attached hydrogen (secondary N) is 1. The van der Waals surface area contributed by atoms with E-state index in [9.17, 15) is 4.39 Å². The summed E-state index contributed by atoms with van der Waals surface area (Å²) in [6.45, 7) is 5.05. The summed E-state index contributed by atoms with van der Waals surface area (Å²) in [5.74, 6) is -0.181. The molecule has 1 aliphatic heterocycles. The highest BCUT2D eigenvalue weighted by Gasteiger charge is 2.23. The van der Waals surface area contributed by atoms with E-state index in [2.05, 4.69) is 53.4 Å². The maximum Gasteiger partial charge on any atom is 0.123 e. The molecule has 1 heterocycles. The second-order valence-corrected chi connectivity index (χ2v) is 8.15. The Morgan fingerprint density at radius 3 is 1.83 bits per heavy atom. The summed E-state index contributed by atoms with van der Waals surface area (Å²) in [6.07, 6.45) is 0. The molecule has 0 bridgehead atoms. The van der Waals surface area contributed by atoms with Gasteiger partial charge in [-0.3, -0.25) is 0 Å². The fraction of sp³-hybridized carbons (Fsp3) is 0.200. The molecule has 0 amide bonds. The highest BCUT2D eigenvalue weighted by molar-refractivity contribution is 6.41. The molecule has 5 rings (SSSR count). The second-order valence-electron chi connectivity index (χ2n) is 7.77. The van der Waals surface area contributed by atoms with Crippen LogP contribution in [0.25, 0.3) is 21.5 Å².